The summed E-state index contributed by atoms with van der Waals surface area (Å²) in [6.45, 7) is 0.314. The van der Waals surface area contributed by atoms with Gasteiger partial charge in [-0.25, -0.2) is 4.79 Å². The molecule has 3 aromatic rings. The summed E-state index contributed by atoms with van der Waals surface area (Å²) in [6.07, 6.45) is 0. The van der Waals surface area contributed by atoms with Gasteiger partial charge in [0.1, 0.15) is 6.61 Å². The van der Waals surface area contributed by atoms with E-state index in [2.05, 4.69) is 0 Å². The average Bonchev–Trinajstić information content (AvgIpc) is 2.63. The first-order valence-corrected chi connectivity index (χ1v) is 7.12. The van der Waals surface area contributed by atoms with E-state index < -0.39 is 0 Å². The van der Waals surface area contributed by atoms with Crippen molar-refractivity contribution >= 4 is 5.97 Å². The number of hydrogen-bond acceptors (Lipinski definition) is 2. The number of carbonyl (C=O) groups is 1. The molecule has 2 heteroatoms. The van der Waals surface area contributed by atoms with Gasteiger partial charge in [-0.05, 0) is 17.7 Å². The summed E-state index contributed by atoms with van der Waals surface area (Å²) < 4.78 is 5.18. The van der Waals surface area contributed by atoms with Crippen molar-refractivity contribution in [2.75, 3.05) is 0 Å². The maximum absolute atomic E-state index is 11.6. The zero-order valence-corrected chi connectivity index (χ0v) is 12.3. The predicted molar refractivity (Wildman–Crippen MR) is 88.4 cm³/mol. The molecule has 22 heavy (non-hydrogen) atoms. The van der Waals surface area contributed by atoms with E-state index >= 15 is 0 Å². The summed E-state index contributed by atoms with van der Waals surface area (Å²) in [4.78, 5) is 11.6. The molecule has 0 radical (unpaired) electrons. The van der Waals surface area contributed by atoms with E-state index in [9.17, 15) is 4.79 Å². The molecule has 0 saturated carbocycles. The fraction of sp³-hybridized carbons (Fsp3) is 0.0500. The Morgan fingerprint density at radius 2 is 1.05 bits per heavy atom. The van der Waals surface area contributed by atoms with E-state index in [0.717, 1.165) is 5.56 Å². The van der Waals surface area contributed by atoms with Gasteiger partial charge in [0.05, 0.1) is 5.56 Å². The summed E-state index contributed by atoms with van der Waals surface area (Å²) in [7, 11) is 0. The Morgan fingerprint density at radius 1 is 0.636 bits per heavy atom. The molecule has 3 aromatic carbocycles. The van der Waals surface area contributed by atoms with E-state index in [0.29, 0.717) is 12.2 Å². The number of hydrogen-bond donors (Lipinski definition) is 0. The van der Waals surface area contributed by atoms with Gasteiger partial charge < -0.3 is 4.74 Å². The maximum atomic E-state index is 11.6. The van der Waals surface area contributed by atoms with Crippen molar-refractivity contribution in [3.8, 4) is 0 Å². The van der Waals surface area contributed by atoms with Gasteiger partial charge in [0.2, 0.25) is 0 Å². The summed E-state index contributed by atoms with van der Waals surface area (Å²) in [5, 5.41) is 0. The number of benzene rings is 3. The molecule has 0 amide bonds. The van der Waals surface area contributed by atoms with Gasteiger partial charge in [0.15, 0.2) is 0 Å². The van der Waals surface area contributed by atoms with Crippen LogP contribution in [0.3, 0.4) is 0 Å². The quantitative estimate of drug-likeness (QED) is 0.652. The number of rotatable bonds is 3. The second-order valence-corrected chi connectivity index (χ2v) is 4.58. The standard InChI is InChI=1S/C14H12O2.C6H6/c15-14(13-9-5-2-6-10-13)16-11-12-7-3-1-4-8-12;1-2-4-6-5-3-1/h1-10H,11H2;1-6H. The van der Waals surface area contributed by atoms with Crippen LogP contribution in [0, 0.1) is 0 Å². The van der Waals surface area contributed by atoms with Crippen molar-refractivity contribution in [2.45, 2.75) is 6.61 Å². The predicted octanol–water partition coefficient (Wildman–Crippen LogP) is 4.73. The monoisotopic (exact) mass is 290 g/mol. The van der Waals surface area contributed by atoms with Crippen molar-refractivity contribution in [1.82, 2.24) is 0 Å². The third-order valence-corrected chi connectivity index (χ3v) is 2.89. The van der Waals surface area contributed by atoms with Crippen LogP contribution < -0.4 is 0 Å². The molecular formula is C20H18O2. The molecule has 0 aromatic heterocycles. The molecule has 3 rings (SSSR count). The van der Waals surface area contributed by atoms with E-state index in [-0.39, 0.29) is 5.97 Å². The van der Waals surface area contributed by atoms with Crippen molar-refractivity contribution in [3.05, 3.63) is 108 Å². The first kappa shape index (κ1) is 15.5. The zero-order valence-electron chi connectivity index (χ0n) is 12.3. The lowest BCUT2D eigenvalue weighted by molar-refractivity contribution is 0.0472. The first-order valence-electron chi connectivity index (χ1n) is 7.12. The number of carbonyl (C=O) groups excluding carboxylic acids is 1. The maximum Gasteiger partial charge on any atom is 0.338 e. The smallest absolute Gasteiger partial charge is 0.338 e. The fourth-order valence-electron chi connectivity index (χ4n) is 1.77. The minimum atomic E-state index is -0.288. The number of ether oxygens (including phenoxy) is 1. The Bertz CT molecular complexity index is 622. The lowest BCUT2D eigenvalue weighted by atomic mass is 10.2. The highest BCUT2D eigenvalue weighted by Crippen LogP contribution is 2.05. The Balaban J connectivity index is 0.000000246. The summed E-state index contributed by atoms with van der Waals surface area (Å²) in [5.41, 5.74) is 1.57. The van der Waals surface area contributed by atoms with E-state index in [1.165, 1.54) is 0 Å². The molecule has 0 aliphatic carbocycles. The highest BCUT2D eigenvalue weighted by Gasteiger charge is 2.05. The normalized spacial score (nSPS) is 9.27. The second kappa shape index (κ2) is 9.14. The molecule has 0 saturated heterocycles. The molecule has 0 aliphatic heterocycles. The molecule has 0 aliphatic rings. The topological polar surface area (TPSA) is 26.3 Å². The van der Waals surface area contributed by atoms with Crippen LogP contribution in [-0.4, -0.2) is 5.97 Å². The Hall–Kier alpha value is -2.87. The molecule has 0 fully saturated rings. The molecule has 0 spiro atoms. The van der Waals surface area contributed by atoms with Crippen LogP contribution in [0.4, 0.5) is 0 Å². The van der Waals surface area contributed by atoms with Gasteiger partial charge in [-0.3, -0.25) is 0 Å². The summed E-state index contributed by atoms with van der Waals surface area (Å²) in [5.74, 6) is -0.288. The molecule has 0 unspecified atom stereocenters. The van der Waals surface area contributed by atoms with E-state index in [4.69, 9.17) is 4.74 Å². The molecular weight excluding hydrogens is 272 g/mol. The van der Waals surface area contributed by atoms with Crippen LogP contribution in [0.1, 0.15) is 15.9 Å². The second-order valence-electron chi connectivity index (χ2n) is 4.58. The van der Waals surface area contributed by atoms with Gasteiger partial charge in [-0.15, -0.1) is 0 Å². The molecule has 0 atom stereocenters. The summed E-state index contributed by atoms with van der Waals surface area (Å²) >= 11 is 0. The molecule has 0 bridgehead atoms. The largest absolute Gasteiger partial charge is 0.457 e. The Labute approximate surface area is 131 Å². The van der Waals surface area contributed by atoms with Crippen LogP contribution in [-0.2, 0) is 11.3 Å². The third-order valence-electron chi connectivity index (χ3n) is 2.89. The van der Waals surface area contributed by atoms with Crippen molar-refractivity contribution in [3.63, 3.8) is 0 Å². The van der Waals surface area contributed by atoms with Crippen LogP contribution in [0.5, 0.6) is 0 Å². The van der Waals surface area contributed by atoms with Crippen LogP contribution in [0.25, 0.3) is 0 Å². The molecule has 2 nitrogen and oxygen atoms in total. The third kappa shape index (κ3) is 5.63. The van der Waals surface area contributed by atoms with Crippen LogP contribution in [0.15, 0.2) is 97.1 Å². The fourth-order valence-corrected chi connectivity index (χ4v) is 1.77. The van der Waals surface area contributed by atoms with Gasteiger partial charge in [-0.2, -0.15) is 0 Å². The van der Waals surface area contributed by atoms with Gasteiger partial charge in [0.25, 0.3) is 0 Å². The minimum Gasteiger partial charge on any atom is -0.457 e. The van der Waals surface area contributed by atoms with Gasteiger partial charge in [-0.1, -0.05) is 84.9 Å². The Kier molecular flexibility index (Phi) is 6.44. The van der Waals surface area contributed by atoms with Crippen molar-refractivity contribution in [1.29, 1.82) is 0 Å². The zero-order chi connectivity index (χ0) is 15.5. The van der Waals surface area contributed by atoms with Crippen LogP contribution in [0.2, 0.25) is 0 Å². The first-order chi connectivity index (χ1) is 10.9. The molecule has 0 heterocycles. The van der Waals surface area contributed by atoms with Gasteiger partial charge >= 0.3 is 5.97 Å². The lowest BCUT2D eigenvalue weighted by Crippen LogP contribution is -2.04. The Morgan fingerprint density at radius 3 is 1.55 bits per heavy atom. The van der Waals surface area contributed by atoms with Crippen molar-refractivity contribution < 1.29 is 9.53 Å². The highest BCUT2D eigenvalue weighted by molar-refractivity contribution is 5.89. The van der Waals surface area contributed by atoms with Crippen molar-refractivity contribution in [2.24, 2.45) is 0 Å². The summed E-state index contributed by atoms with van der Waals surface area (Å²) in [6, 6.07) is 30.6. The van der Waals surface area contributed by atoms with Crippen LogP contribution >= 0.6 is 0 Å². The average molecular weight is 290 g/mol. The highest BCUT2D eigenvalue weighted by atomic mass is 16.5. The van der Waals surface area contributed by atoms with Gasteiger partial charge in [0, 0.05) is 0 Å². The SMILES string of the molecule is O=C(OCc1ccccc1)c1ccccc1.c1ccccc1. The molecule has 0 N–H and O–H groups in total. The minimum absolute atomic E-state index is 0.288. The van der Waals surface area contributed by atoms with E-state index in [1.54, 1.807) is 12.1 Å². The number of esters is 1. The van der Waals surface area contributed by atoms with E-state index in [1.807, 2.05) is 84.9 Å². The lowest BCUT2D eigenvalue weighted by Gasteiger charge is -2.04. The molecule has 110 valence electrons.